The third-order valence-electron chi connectivity index (χ3n) is 3.26. The highest BCUT2D eigenvalue weighted by atomic mass is 35.5. The zero-order valence-corrected chi connectivity index (χ0v) is 11.9. The summed E-state index contributed by atoms with van der Waals surface area (Å²) < 4.78 is 0. The summed E-state index contributed by atoms with van der Waals surface area (Å²) in [4.78, 5) is 4.59. The summed E-state index contributed by atoms with van der Waals surface area (Å²) in [6.45, 7) is 2.12. The van der Waals surface area contributed by atoms with E-state index in [1.165, 1.54) is 5.56 Å². The highest BCUT2D eigenvalue weighted by Gasteiger charge is 2.11. The van der Waals surface area contributed by atoms with E-state index < -0.39 is 0 Å². The number of aromatic amines is 1. The van der Waals surface area contributed by atoms with Crippen molar-refractivity contribution < 1.29 is 0 Å². The molecule has 1 aromatic carbocycles. The van der Waals surface area contributed by atoms with Gasteiger partial charge in [-0.1, -0.05) is 30.7 Å². The first-order valence-corrected chi connectivity index (χ1v) is 6.89. The fourth-order valence-electron chi connectivity index (χ4n) is 2.19. The SMILES string of the molecule is CCc1cnc(-c2cn[nH]c2)c(-c2cccc(Cl)c2)c1. The summed E-state index contributed by atoms with van der Waals surface area (Å²) in [7, 11) is 0. The van der Waals surface area contributed by atoms with Gasteiger partial charge >= 0.3 is 0 Å². The second-order valence-corrected chi connectivity index (χ2v) is 5.03. The van der Waals surface area contributed by atoms with Gasteiger partial charge < -0.3 is 0 Å². The van der Waals surface area contributed by atoms with Gasteiger partial charge in [0.15, 0.2) is 0 Å². The molecule has 0 saturated carbocycles. The molecule has 0 unspecified atom stereocenters. The molecule has 4 heteroatoms. The van der Waals surface area contributed by atoms with Gasteiger partial charge in [-0.25, -0.2) is 0 Å². The Kier molecular flexibility index (Phi) is 3.52. The van der Waals surface area contributed by atoms with E-state index in [1.807, 2.05) is 36.7 Å². The number of H-pyrrole nitrogens is 1. The van der Waals surface area contributed by atoms with E-state index in [0.717, 1.165) is 33.8 Å². The highest BCUT2D eigenvalue weighted by Crippen LogP contribution is 2.31. The Labute approximate surface area is 122 Å². The molecule has 20 heavy (non-hydrogen) atoms. The fraction of sp³-hybridized carbons (Fsp3) is 0.125. The van der Waals surface area contributed by atoms with Crippen LogP contribution in [-0.4, -0.2) is 15.2 Å². The van der Waals surface area contributed by atoms with Gasteiger partial charge in [-0.2, -0.15) is 5.10 Å². The predicted octanol–water partition coefficient (Wildman–Crippen LogP) is 4.35. The number of hydrogen-bond donors (Lipinski definition) is 1. The van der Waals surface area contributed by atoms with Crippen LogP contribution in [0.25, 0.3) is 22.4 Å². The Bertz CT molecular complexity index is 720. The van der Waals surface area contributed by atoms with Crippen molar-refractivity contribution in [1.29, 1.82) is 0 Å². The van der Waals surface area contributed by atoms with Crippen LogP contribution in [0, 0.1) is 0 Å². The van der Waals surface area contributed by atoms with Gasteiger partial charge in [0, 0.05) is 28.5 Å². The number of aromatic nitrogens is 3. The van der Waals surface area contributed by atoms with Crippen LogP contribution in [0.2, 0.25) is 5.02 Å². The van der Waals surface area contributed by atoms with Gasteiger partial charge in [-0.05, 0) is 35.7 Å². The molecule has 0 spiro atoms. The van der Waals surface area contributed by atoms with Crippen LogP contribution < -0.4 is 0 Å². The summed E-state index contributed by atoms with van der Waals surface area (Å²) in [5.41, 5.74) is 5.23. The number of aryl methyl sites for hydroxylation is 1. The average molecular weight is 284 g/mol. The quantitative estimate of drug-likeness (QED) is 0.776. The molecule has 0 aliphatic rings. The minimum atomic E-state index is 0.725. The molecular formula is C16H14ClN3. The maximum atomic E-state index is 6.11. The number of rotatable bonds is 3. The van der Waals surface area contributed by atoms with Crippen molar-refractivity contribution in [2.45, 2.75) is 13.3 Å². The zero-order chi connectivity index (χ0) is 13.9. The van der Waals surface area contributed by atoms with Crippen molar-refractivity contribution in [1.82, 2.24) is 15.2 Å². The van der Waals surface area contributed by atoms with Gasteiger partial charge in [0.25, 0.3) is 0 Å². The maximum Gasteiger partial charge on any atom is 0.0811 e. The molecule has 3 nitrogen and oxygen atoms in total. The Morgan fingerprint density at radius 3 is 2.75 bits per heavy atom. The van der Waals surface area contributed by atoms with E-state index in [-0.39, 0.29) is 0 Å². The van der Waals surface area contributed by atoms with E-state index in [2.05, 4.69) is 28.2 Å². The van der Waals surface area contributed by atoms with Crippen molar-refractivity contribution in [3.8, 4) is 22.4 Å². The topological polar surface area (TPSA) is 41.6 Å². The van der Waals surface area contributed by atoms with Gasteiger partial charge in [0.2, 0.25) is 0 Å². The number of nitrogens with one attached hydrogen (secondary N) is 1. The van der Waals surface area contributed by atoms with Gasteiger partial charge in [0.1, 0.15) is 0 Å². The molecule has 3 rings (SSSR count). The average Bonchev–Trinajstić information content (AvgIpc) is 3.00. The molecule has 100 valence electrons. The molecule has 0 aliphatic carbocycles. The van der Waals surface area contributed by atoms with Crippen LogP contribution in [0.15, 0.2) is 48.9 Å². The lowest BCUT2D eigenvalue weighted by molar-refractivity contribution is 1.09. The second kappa shape index (κ2) is 5.47. The standard InChI is InChI=1S/C16H14ClN3/c1-2-11-6-15(12-4-3-5-14(17)7-12)16(18-8-11)13-9-19-20-10-13/h3-10H,2H2,1H3,(H,19,20). The third kappa shape index (κ3) is 2.45. The summed E-state index contributed by atoms with van der Waals surface area (Å²) in [6.07, 6.45) is 6.49. The highest BCUT2D eigenvalue weighted by molar-refractivity contribution is 6.30. The van der Waals surface area contributed by atoms with Crippen LogP contribution in [0.3, 0.4) is 0 Å². The fourth-order valence-corrected chi connectivity index (χ4v) is 2.38. The molecular weight excluding hydrogens is 270 g/mol. The van der Waals surface area contributed by atoms with E-state index in [0.29, 0.717) is 0 Å². The van der Waals surface area contributed by atoms with E-state index >= 15 is 0 Å². The largest absolute Gasteiger partial charge is 0.285 e. The van der Waals surface area contributed by atoms with Crippen molar-refractivity contribution in [2.75, 3.05) is 0 Å². The van der Waals surface area contributed by atoms with Gasteiger partial charge in [-0.3, -0.25) is 10.1 Å². The predicted molar refractivity (Wildman–Crippen MR) is 81.6 cm³/mol. The monoisotopic (exact) mass is 283 g/mol. The zero-order valence-electron chi connectivity index (χ0n) is 11.1. The minimum Gasteiger partial charge on any atom is -0.285 e. The summed E-state index contributed by atoms with van der Waals surface area (Å²) >= 11 is 6.11. The van der Waals surface area contributed by atoms with Crippen LogP contribution in [0.4, 0.5) is 0 Å². The first-order valence-electron chi connectivity index (χ1n) is 6.52. The molecule has 3 aromatic rings. The summed E-state index contributed by atoms with van der Waals surface area (Å²) in [5, 5.41) is 7.56. The number of hydrogen-bond acceptors (Lipinski definition) is 2. The first kappa shape index (κ1) is 12.9. The summed E-state index contributed by atoms with van der Waals surface area (Å²) in [6, 6.07) is 10.0. The molecule has 0 radical (unpaired) electrons. The molecule has 0 fully saturated rings. The van der Waals surface area contributed by atoms with Gasteiger partial charge in [-0.15, -0.1) is 0 Å². The van der Waals surface area contributed by atoms with E-state index in [4.69, 9.17) is 11.6 Å². The molecule has 0 atom stereocenters. The van der Waals surface area contributed by atoms with E-state index in [9.17, 15) is 0 Å². The van der Waals surface area contributed by atoms with Gasteiger partial charge in [0.05, 0.1) is 11.9 Å². The smallest absolute Gasteiger partial charge is 0.0811 e. The number of pyridine rings is 1. The summed E-state index contributed by atoms with van der Waals surface area (Å²) in [5.74, 6) is 0. The third-order valence-corrected chi connectivity index (χ3v) is 3.49. The molecule has 1 N–H and O–H groups in total. The molecule has 0 amide bonds. The van der Waals surface area contributed by atoms with Crippen LogP contribution in [0.5, 0.6) is 0 Å². The second-order valence-electron chi connectivity index (χ2n) is 4.59. The molecule has 2 aromatic heterocycles. The van der Waals surface area contributed by atoms with E-state index in [1.54, 1.807) is 6.20 Å². The first-order chi connectivity index (χ1) is 9.78. The van der Waals surface area contributed by atoms with Crippen LogP contribution in [-0.2, 0) is 6.42 Å². The Morgan fingerprint density at radius 2 is 2.05 bits per heavy atom. The molecule has 2 heterocycles. The van der Waals surface area contributed by atoms with Crippen molar-refractivity contribution in [3.63, 3.8) is 0 Å². The number of benzene rings is 1. The number of halogens is 1. The molecule has 0 aliphatic heterocycles. The Hall–Kier alpha value is -2.13. The Morgan fingerprint density at radius 1 is 1.15 bits per heavy atom. The molecule has 0 bridgehead atoms. The van der Waals surface area contributed by atoms with Crippen molar-refractivity contribution in [3.05, 3.63) is 59.5 Å². The Balaban J connectivity index is 2.21. The molecule has 0 saturated heterocycles. The lowest BCUT2D eigenvalue weighted by atomic mass is 9.99. The van der Waals surface area contributed by atoms with Crippen molar-refractivity contribution in [2.24, 2.45) is 0 Å². The van der Waals surface area contributed by atoms with Crippen molar-refractivity contribution >= 4 is 11.6 Å². The lowest BCUT2D eigenvalue weighted by Gasteiger charge is -2.10. The maximum absolute atomic E-state index is 6.11. The van der Waals surface area contributed by atoms with Crippen LogP contribution in [0.1, 0.15) is 12.5 Å². The normalized spacial score (nSPS) is 10.7. The van der Waals surface area contributed by atoms with Crippen LogP contribution >= 0.6 is 11.6 Å². The lowest BCUT2D eigenvalue weighted by Crippen LogP contribution is -1.92. The minimum absolute atomic E-state index is 0.725. The number of nitrogens with zero attached hydrogens (tertiary/aromatic N) is 2.